The van der Waals surface area contributed by atoms with Gasteiger partial charge in [-0.05, 0) is 43.7 Å². The van der Waals surface area contributed by atoms with Crippen LogP contribution in [0.25, 0.3) is 0 Å². The number of amides is 1. The molecule has 130 valence electrons. The highest BCUT2D eigenvalue weighted by molar-refractivity contribution is 5.91. The van der Waals surface area contributed by atoms with E-state index in [0.29, 0.717) is 5.75 Å². The predicted octanol–water partition coefficient (Wildman–Crippen LogP) is 4.05. The topological polar surface area (TPSA) is 75.6 Å². The fourth-order valence-corrected chi connectivity index (χ4v) is 1.70. The highest BCUT2D eigenvalue weighted by Crippen LogP contribution is 2.12. The molecule has 0 aromatic heterocycles. The molecular weight excluding hydrogens is 306 g/mol. The molecule has 0 bridgehead atoms. The van der Waals surface area contributed by atoms with Crippen LogP contribution >= 0.6 is 0 Å². The van der Waals surface area contributed by atoms with Crippen LogP contribution in [0.15, 0.2) is 48.5 Å². The van der Waals surface area contributed by atoms with Gasteiger partial charge in [0.05, 0.1) is 0 Å². The highest BCUT2D eigenvalue weighted by atomic mass is 16.5. The summed E-state index contributed by atoms with van der Waals surface area (Å²) in [4.78, 5) is 20.1. The molecular formula is C19H25NO4. The number of carbonyl (C=O) groups is 2. The first kappa shape index (κ1) is 21.2. The molecule has 0 saturated heterocycles. The standard InChI is InChI=1S/C16H17NO2.C2H6.CH2O2/c1-12-6-8-15(9-7-12)19-11-16(18)17-14-5-3-4-13(2)10-14;1-2;2-1-3/h3-10H,11H2,1-2H3,(H,17,18);1-2H3;1H,(H,2,3). The lowest BCUT2D eigenvalue weighted by atomic mass is 10.2. The van der Waals surface area contributed by atoms with E-state index in [0.717, 1.165) is 16.8 Å². The monoisotopic (exact) mass is 331 g/mol. The smallest absolute Gasteiger partial charge is 0.290 e. The van der Waals surface area contributed by atoms with E-state index >= 15 is 0 Å². The molecule has 0 aliphatic rings. The van der Waals surface area contributed by atoms with Gasteiger partial charge in [-0.1, -0.05) is 43.7 Å². The van der Waals surface area contributed by atoms with E-state index in [1.54, 1.807) is 0 Å². The Morgan fingerprint density at radius 1 is 1.08 bits per heavy atom. The summed E-state index contributed by atoms with van der Waals surface area (Å²) in [5, 5.41) is 9.69. The van der Waals surface area contributed by atoms with Gasteiger partial charge in [0.25, 0.3) is 12.4 Å². The molecule has 2 aromatic carbocycles. The number of benzene rings is 2. The lowest BCUT2D eigenvalue weighted by Crippen LogP contribution is -2.20. The first-order chi connectivity index (χ1) is 11.5. The summed E-state index contributed by atoms with van der Waals surface area (Å²) in [5.41, 5.74) is 3.06. The Labute approximate surface area is 143 Å². The van der Waals surface area contributed by atoms with Crippen molar-refractivity contribution in [2.75, 3.05) is 11.9 Å². The molecule has 0 fully saturated rings. The van der Waals surface area contributed by atoms with Crippen LogP contribution in [0, 0.1) is 13.8 Å². The minimum Gasteiger partial charge on any atom is -0.484 e. The summed E-state index contributed by atoms with van der Waals surface area (Å²) in [6, 6.07) is 15.3. The predicted molar refractivity (Wildman–Crippen MR) is 96.5 cm³/mol. The second-order valence-corrected chi connectivity index (χ2v) is 4.62. The number of carboxylic acid groups (broad SMARTS) is 1. The molecule has 2 N–H and O–H groups in total. The van der Waals surface area contributed by atoms with E-state index in [2.05, 4.69) is 5.32 Å². The third kappa shape index (κ3) is 9.25. The first-order valence-electron chi connectivity index (χ1n) is 7.69. The van der Waals surface area contributed by atoms with E-state index < -0.39 is 0 Å². The van der Waals surface area contributed by atoms with Crippen molar-refractivity contribution in [1.29, 1.82) is 0 Å². The van der Waals surface area contributed by atoms with Crippen molar-refractivity contribution in [3.8, 4) is 5.75 Å². The SMILES string of the molecule is CC.Cc1ccc(OCC(=O)Nc2cccc(C)c2)cc1.O=CO. The fourth-order valence-electron chi connectivity index (χ4n) is 1.70. The number of rotatable bonds is 4. The summed E-state index contributed by atoms with van der Waals surface area (Å²) >= 11 is 0. The van der Waals surface area contributed by atoms with Crippen molar-refractivity contribution in [3.05, 3.63) is 59.7 Å². The largest absolute Gasteiger partial charge is 0.484 e. The minimum atomic E-state index is -0.250. The third-order valence-electron chi connectivity index (χ3n) is 2.69. The molecule has 24 heavy (non-hydrogen) atoms. The summed E-state index contributed by atoms with van der Waals surface area (Å²) in [6.07, 6.45) is 0. The zero-order valence-corrected chi connectivity index (χ0v) is 14.6. The van der Waals surface area contributed by atoms with Crippen LogP contribution < -0.4 is 10.1 Å². The van der Waals surface area contributed by atoms with Crippen molar-refractivity contribution in [3.63, 3.8) is 0 Å². The summed E-state index contributed by atoms with van der Waals surface area (Å²) in [5.74, 6) is 0.538. The third-order valence-corrected chi connectivity index (χ3v) is 2.69. The first-order valence-corrected chi connectivity index (χ1v) is 7.69. The van der Waals surface area contributed by atoms with Crippen LogP contribution in [0.3, 0.4) is 0 Å². The maximum Gasteiger partial charge on any atom is 0.290 e. The second-order valence-electron chi connectivity index (χ2n) is 4.62. The Bertz CT molecular complexity index is 609. The molecule has 0 unspecified atom stereocenters. The van der Waals surface area contributed by atoms with Crippen LogP contribution in [0.2, 0.25) is 0 Å². The number of anilines is 1. The minimum absolute atomic E-state index is 0.0109. The van der Waals surface area contributed by atoms with Gasteiger partial charge >= 0.3 is 0 Å². The molecule has 0 atom stereocenters. The number of hydrogen-bond donors (Lipinski definition) is 2. The average Bonchev–Trinajstić information content (AvgIpc) is 2.57. The van der Waals surface area contributed by atoms with Crippen LogP contribution in [-0.2, 0) is 9.59 Å². The molecule has 0 spiro atoms. The van der Waals surface area contributed by atoms with Gasteiger partial charge < -0.3 is 15.2 Å². The van der Waals surface area contributed by atoms with E-state index in [4.69, 9.17) is 14.6 Å². The fraction of sp³-hybridized carbons (Fsp3) is 0.263. The Morgan fingerprint density at radius 2 is 1.67 bits per heavy atom. The van der Waals surface area contributed by atoms with Crippen LogP contribution in [-0.4, -0.2) is 24.1 Å². The zero-order valence-electron chi connectivity index (χ0n) is 14.6. The molecule has 0 aliphatic carbocycles. The van der Waals surface area contributed by atoms with Crippen LogP contribution in [0.1, 0.15) is 25.0 Å². The zero-order chi connectivity index (χ0) is 18.4. The van der Waals surface area contributed by atoms with Gasteiger partial charge in [-0.3, -0.25) is 9.59 Å². The summed E-state index contributed by atoms with van der Waals surface area (Å²) < 4.78 is 5.41. The molecule has 0 saturated carbocycles. The molecule has 0 radical (unpaired) electrons. The van der Waals surface area contributed by atoms with Gasteiger partial charge in [-0.25, -0.2) is 0 Å². The summed E-state index contributed by atoms with van der Waals surface area (Å²) in [7, 11) is 0. The Balaban J connectivity index is 0.000000952. The van der Waals surface area contributed by atoms with Gasteiger partial charge in [0, 0.05) is 5.69 Å². The van der Waals surface area contributed by atoms with E-state index in [9.17, 15) is 4.79 Å². The number of carbonyl (C=O) groups excluding carboxylic acids is 1. The maximum atomic E-state index is 11.7. The molecule has 1 amide bonds. The molecule has 5 nitrogen and oxygen atoms in total. The van der Waals surface area contributed by atoms with Gasteiger partial charge in [0.15, 0.2) is 6.61 Å². The van der Waals surface area contributed by atoms with Crippen molar-refractivity contribution >= 4 is 18.1 Å². The lowest BCUT2D eigenvalue weighted by Gasteiger charge is -2.08. The van der Waals surface area contributed by atoms with E-state index in [1.165, 1.54) is 0 Å². The Kier molecular flexibility index (Phi) is 11.2. The van der Waals surface area contributed by atoms with Crippen molar-refractivity contribution in [1.82, 2.24) is 0 Å². The molecule has 2 aromatic rings. The lowest BCUT2D eigenvalue weighted by molar-refractivity contribution is -0.123. The average molecular weight is 331 g/mol. The highest BCUT2D eigenvalue weighted by Gasteiger charge is 2.03. The second kappa shape index (κ2) is 12.7. The van der Waals surface area contributed by atoms with Crippen molar-refractivity contribution in [2.45, 2.75) is 27.7 Å². The van der Waals surface area contributed by atoms with Crippen molar-refractivity contribution < 1.29 is 19.4 Å². The quantitative estimate of drug-likeness (QED) is 0.829. The number of nitrogens with one attached hydrogen (secondary N) is 1. The summed E-state index contributed by atoms with van der Waals surface area (Å²) in [6.45, 7) is 7.75. The number of ether oxygens (including phenoxy) is 1. The van der Waals surface area contributed by atoms with Gasteiger partial charge in [0.2, 0.25) is 0 Å². The van der Waals surface area contributed by atoms with E-state index in [1.807, 2.05) is 76.2 Å². The molecule has 0 heterocycles. The van der Waals surface area contributed by atoms with Gasteiger partial charge in [0.1, 0.15) is 5.75 Å². The number of hydrogen-bond acceptors (Lipinski definition) is 3. The van der Waals surface area contributed by atoms with Crippen molar-refractivity contribution in [2.24, 2.45) is 0 Å². The maximum absolute atomic E-state index is 11.7. The molecule has 2 rings (SSSR count). The Hall–Kier alpha value is -2.82. The van der Waals surface area contributed by atoms with Crippen LogP contribution in [0.4, 0.5) is 5.69 Å². The Morgan fingerprint density at radius 3 is 2.21 bits per heavy atom. The number of aryl methyl sites for hydroxylation is 2. The van der Waals surface area contributed by atoms with Gasteiger partial charge in [-0.15, -0.1) is 0 Å². The molecule has 0 aliphatic heterocycles. The normalized spacial score (nSPS) is 8.67. The molecule has 5 heteroatoms. The van der Waals surface area contributed by atoms with E-state index in [-0.39, 0.29) is 19.0 Å². The van der Waals surface area contributed by atoms with Crippen LogP contribution in [0.5, 0.6) is 5.75 Å². The van der Waals surface area contributed by atoms with Gasteiger partial charge in [-0.2, -0.15) is 0 Å².